The first-order valence-electron chi connectivity index (χ1n) is 8.96. The van der Waals surface area contributed by atoms with Gasteiger partial charge in [0.15, 0.2) is 5.17 Å². The van der Waals surface area contributed by atoms with Crippen LogP contribution in [0.15, 0.2) is 34.7 Å². The zero-order valence-electron chi connectivity index (χ0n) is 13.6. The lowest BCUT2D eigenvalue weighted by atomic mass is 9.90. The van der Waals surface area contributed by atoms with Gasteiger partial charge in [-0.3, -0.25) is 9.79 Å². The second-order valence-electron chi connectivity index (χ2n) is 7.02. The van der Waals surface area contributed by atoms with Gasteiger partial charge in [-0.2, -0.15) is 0 Å². The van der Waals surface area contributed by atoms with Crippen molar-refractivity contribution in [3.05, 3.63) is 35.2 Å². The van der Waals surface area contributed by atoms with Crippen molar-refractivity contribution in [2.45, 2.75) is 50.6 Å². The molecule has 3 heterocycles. The Kier molecular flexibility index (Phi) is 3.44. The molecule has 1 aliphatic carbocycles. The number of amides is 1. The van der Waals surface area contributed by atoms with Crippen molar-refractivity contribution < 1.29 is 4.79 Å². The van der Waals surface area contributed by atoms with Gasteiger partial charge in [0.05, 0.1) is 17.8 Å². The molecular formula is C19H21N3OS. The second kappa shape index (κ2) is 5.66. The van der Waals surface area contributed by atoms with Crippen LogP contribution in [0.4, 0.5) is 5.69 Å². The minimum Gasteiger partial charge on any atom is -0.315 e. The maximum Gasteiger partial charge on any atom is 0.227 e. The van der Waals surface area contributed by atoms with Crippen molar-refractivity contribution >= 4 is 34.2 Å². The molecule has 0 aromatic heterocycles. The molecule has 4 nitrogen and oxygen atoms in total. The van der Waals surface area contributed by atoms with Crippen molar-refractivity contribution in [3.8, 4) is 0 Å². The molecule has 1 aromatic rings. The summed E-state index contributed by atoms with van der Waals surface area (Å²) in [6.45, 7) is 0.851. The van der Waals surface area contributed by atoms with E-state index in [1.165, 1.54) is 42.1 Å². The number of carbonyl (C=O) groups excluding carboxylic acids is 1. The number of benzene rings is 1. The fourth-order valence-corrected chi connectivity index (χ4v) is 5.37. The van der Waals surface area contributed by atoms with Crippen LogP contribution in [0.5, 0.6) is 0 Å². The minimum atomic E-state index is 0.248. The highest BCUT2D eigenvalue weighted by atomic mass is 32.2. The van der Waals surface area contributed by atoms with Gasteiger partial charge in [-0.1, -0.05) is 36.7 Å². The van der Waals surface area contributed by atoms with Gasteiger partial charge in [0.2, 0.25) is 5.91 Å². The highest BCUT2D eigenvalue weighted by Gasteiger charge is 2.42. The minimum absolute atomic E-state index is 0.248. The van der Waals surface area contributed by atoms with E-state index in [2.05, 4.69) is 34.6 Å². The molecule has 0 radical (unpaired) electrons. The van der Waals surface area contributed by atoms with Crippen molar-refractivity contribution in [1.82, 2.24) is 4.90 Å². The molecule has 124 valence electrons. The fraction of sp³-hybridized carbons (Fsp3) is 0.474. The molecule has 1 saturated heterocycles. The number of nitrogens with zero attached hydrogens (tertiary/aromatic N) is 3. The highest BCUT2D eigenvalue weighted by Crippen LogP contribution is 2.44. The van der Waals surface area contributed by atoms with E-state index in [0.29, 0.717) is 18.5 Å². The smallest absolute Gasteiger partial charge is 0.227 e. The molecule has 1 saturated carbocycles. The summed E-state index contributed by atoms with van der Waals surface area (Å²) in [6, 6.07) is 9.54. The molecule has 5 rings (SSSR count). The van der Waals surface area contributed by atoms with Crippen LogP contribution in [0.1, 0.15) is 44.1 Å². The van der Waals surface area contributed by atoms with Gasteiger partial charge in [0.1, 0.15) is 0 Å². The lowest BCUT2D eigenvalue weighted by Gasteiger charge is -2.32. The predicted octanol–water partition coefficient (Wildman–Crippen LogP) is 3.84. The van der Waals surface area contributed by atoms with Crippen LogP contribution in [0.2, 0.25) is 0 Å². The van der Waals surface area contributed by atoms with Gasteiger partial charge in [-0.25, -0.2) is 0 Å². The molecule has 1 aromatic carbocycles. The standard InChI is InChI=1S/C19H21N3OS/c23-18-6-3-11-21(18)14-9-7-13(8-10-14)17-12-24-19-20-15-4-1-2-5-16(15)22(17)19/h7-10,12,15-16H,1-6,11H2/t15-,16-/m0/s1. The Hall–Kier alpha value is -1.75. The number of fused-ring (bicyclic) bond motifs is 3. The second-order valence-corrected chi connectivity index (χ2v) is 7.85. The van der Waals surface area contributed by atoms with E-state index < -0.39 is 0 Å². The lowest BCUT2D eigenvalue weighted by molar-refractivity contribution is -0.117. The fourth-order valence-electron chi connectivity index (χ4n) is 4.36. The van der Waals surface area contributed by atoms with E-state index in [9.17, 15) is 4.79 Å². The third-order valence-corrected chi connectivity index (χ3v) is 6.45. The Bertz CT molecular complexity index is 739. The van der Waals surface area contributed by atoms with E-state index in [1.807, 2.05) is 4.90 Å². The van der Waals surface area contributed by atoms with Crippen molar-refractivity contribution in [2.24, 2.45) is 4.99 Å². The molecule has 0 bridgehead atoms. The number of aliphatic imine (C=N–C) groups is 1. The molecule has 2 fully saturated rings. The maximum atomic E-state index is 11.9. The predicted molar refractivity (Wildman–Crippen MR) is 98.9 cm³/mol. The highest BCUT2D eigenvalue weighted by molar-refractivity contribution is 8.16. The van der Waals surface area contributed by atoms with Gasteiger partial charge in [-0.05, 0) is 37.0 Å². The topological polar surface area (TPSA) is 35.9 Å². The number of hydrogen-bond donors (Lipinski definition) is 0. The summed E-state index contributed by atoms with van der Waals surface area (Å²) in [5.41, 5.74) is 3.54. The van der Waals surface area contributed by atoms with E-state index in [0.717, 1.165) is 18.7 Å². The van der Waals surface area contributed by atoms with Crippen LogP contribution in [0.3, 0.4) is 0 Å². The first-order chi connectivity index (χ1) is 11.8. The number of thioether (sulfide) groups is 1. The summed E-state index contributed by atoms with van der Waals surface area (Å²) >= 11 is 1.76. The van der Waals surface area contributed by atoms with E-state index in [1.54, 1.807) is 11.8 Å². The quantitative estimate of drug-likeness (QED) is 0.821. The van der Waals surface area contributed by atoms with Crippen LogP contribution in [-0.4, -0.2) is 34.6 Å². The molecule has 0 spiro atoms. The lowest BCUT2D eigenvalue weighted by Crippen LogP contribution is -2.38. The number of hydrogen-bond acceptors (Lipinski definition) is 4. The Morgan fingerprint density at radius 2 is 1.92 bits per heavy atom. The van der Waals surface area contributed by atoms with Crippen LogP contribution in [0.25, 0.3) is 5.70 Å². The molecule has 24 heavy (non-hydrogen) atoms. The Labute approximate surface area is 146 Å². The van der Waals surface area contributed by atoms with Crippen molar-refractivity contribution in [1.29, 1.82) is 0 Å². The van der Waals surface area contributed by atoms with Crippen molar-refractivity contribution in [3.63, 3.8) is 0 Å². The normalized spacial score (nSPS) is 28.8. The molecular weight excluding hydrogens is 318 g/mol. The summed E-state index contributed by atoms with van der Waals surface area (Å²) in [5.74, 6) is 0.248. The van der Waals surface area contributed by atoms with E-state index >= 15 is 0 Å². The maximum absolute atomic E-state index is 11.9. The molecule has 1 amide bonds. The summed E-state index contributed by atoms with van der Waals surface area (Å²) in [7, 11) is 0. The summed E-state index contributed by atoms with van der Waals surface area (Å²) in [5, 5.41) is 3.42. The van der Waals surface area contributed by atoms with Gasteiger partial charge in [0.25, 0.3) is 0 Å². The molecule has 0 N–H and O–H groups in total. The van der Waals surface area contributed by atoms with Gasteiger partial charge >= 0.3 is 0 Å². The summed E-state index contributed by atoms with van der Waals surface area (Å²) in [6.07, 6.45) is 6.76. The summed E-state index contributed by atoms with van der Waals surface area (Å²) < 4.78 is 0. The molecule has 0 unspecified atom stereocenters. The first kappa shape index (κ1) is 14.6. The van der Waals surface area contributed by atoms with E-state index in [4.69, 9.17) is 4.99 Å². The third-order valence-electron chi connectivity index (χ3n) is 5.59. The SMILES string of the molecule is O=C1CCCN1c1ccc(C2=CSC3=N[C@H]4CCCC[C@@H]4N23)cc1. The number of amidine groups is 1. The zero-order valence-corrected chi connectivity index (χ0v) is 14.5. The van der Waals surface area contributed by atoms with Crippen LogP contribution >= 0.6 is 11.8 Å². The molecule has 2 atom stereocenters. The largest absolute Gasteiger partial charge is 0.315 e. The Balaban J connectivity index is 1.41. The van der Waals surface area contributed by atoms with E-state index in [-0.39, 0.29) is 5.91 Å². The van der Waals surface area contributed by atoms with Crippen molar-refractivity contribution in [2.75, 3.05) is 11.4 Å². The average Bonchev–Trinajstić information content (AvgIpc) is 3.29. The summed E-state index contributed by atoms with van der Waals surface area (Å²) in [4.78, 5) is 21.2. The molecule has 3 aliphatic heterocycles. The molecule has 5 heteroatoms. The number of anilines is 1. The first-order valence-corrected chi connectivity index (χ1v) is 9.84. The van der Waals surface area contributed by atoms with Crippen LogP contribution in [-0.2, 0) is 4.79 Å². The number of rotatable bonds is 2. The number of carbonyl (C=O) groups is 1. The van der Waals surface area contributed by atoms with Crippen LogP contribution < -0.4 is 4.90 Å². The van der Waals surface area contributed by atoms with Gasteiger partial charge in [-0.15, -0.1) is 0 Å². The Morgan fingerprint density at radius 1 is 1.08 bits per heavy atom. The zero-order chi connectivity index (χ0) is 16.1. The van der Waals surface area contributed by atoms with Gasteiger partial charge < -0.3 is 9.80 Å². The monoisotopic (exact) mass is 339 g/mol. The van der Waals surface area contributed by atoms with Crippen LogP contribution in [0, 0.1) is 0 Å². The Morgan fingerprint density at radius 3 is 2.71 bits per heavy atom. The average molecular weight is 339 g/mol. The van der Waals surface area contributed by atoms with Gasteiger partial charge in [0, 0.05) is 24.1 Å². The molecule has 4 aliphatic rings. The third kappa shape index (κ3) is 2.21.